The van der Waals surface area contributed by atoms with Crippen molar-refractivity contribution >= 4 is 55.6 Å². The van der Waals surface area contributed by atoms with Crippen molar-refractivity contribution in [1.29, 1.82) is 0 Å². The van der Waals surface area contributed by atoms with E-state index in [0.717, 1.165) is 16.2 Å². The molecule has 0 aliphatic rings. The van der Waals surface area contributed by atoms with Crippen LogP contribution in [0.15, 0.2) is 42.5 Å². The number of carboxylic acid groups (broad SMARTS) is 2. The maximum Gasteiger partial charge on any atom is 0.338 e. The number of imidazole rings is 1. The third kappa shape index (κ3) is 1.65. The summed E-state index contributed by atoms with van der Waals surface area (Å²) in [5, 5.41) is 23.1. The molecule has 0 unspecified atom stereocenters. The first-order valence-electron chi connectivity index (χ1n) is 7.62. The molecule has 6 nitrogen and oxygen atoms in total. The van der Waals surface area contributed by atoms with Crippen LogP contribution in [0, 0.1) is 0 Å². The minimum atomic E-state index is -1.29. The molecule has 0 saturated heterocycles. The van der Waals surface area contributed by atoms with Crippen molar-refractivity contribution < 1.29 is 19.8 Å². The fraction of sp³-hybridized carbons (Fsp3) is 0. The van der Waals surface area contributed by atoms with Gasteiger partial charge >= 0.3 is 11.9 Å². The van der Waals surface area contributed by atoms with Gasteiger partial charge in [-0.05, 0) is 22.2 Å². The monoisotopic (exact) mass is 330 g/mol. The molecule has 25 heavy (non-hydrogen) atoms. The average Bonchev–Trinajstić information content (AvgIpc) is 3.03. The van der Waals surface area contributed by atoms with Gasteiger partial charge in [0, 0.05) is 10.8 Å². The van der Waals surface area contributed by atoms with Crippen molar-refractivity contribution in [2.45, 2.75) is 0 Å². The SMILES string of the molecule is O=C(O)c1c(C(=O)O)c2[nH]c3nc2cc1c1cccc2cccc3c21. The summed E-state index contributed by atoms with van der Waals surface area (Å²) in [5.74, 6) is -2.57. The molecule has 5 aromatic rings. The minimum absolute atomic E-state index is 0.223. The Morgan fingerprint density at radius 2 is 1.56 bits per heavy atom. The van der Waals surface area contributed by atoms with Gasteiger partial charge in [0.15, 0.2) is 0 Å². The van der Waals surface area contributed by atoms with Gasteiger partial charge in [-0.1, -0.05) is 36.4 Å². The average molecular weight is 330 g/mol. The number of H-pyrrole nitrogens is 1. The number of nitrogens with one attached hydrogen (secondary N) is 1. The van der Waals surface area contributed by atoms with Crippen LogP contribution in [-0.4, -0.2) is 32.1 Å². The predicted molar refractivity (Wildman–Crippen MR) is 93.7 cm³/mol. The summed E-state index contributed by atoms with van der Waals surface area (Å²) in [5.41, 5.74) is 0.721. The summed E-state index contributed by atoms with van der Waals surface area (Å²) in [6, 6.07) is 13.0. The number of carbonyl (C=O) groups is 2. The lowest BCUT2D eigenvalue weighted by Crippen LogP contribution is -2.09. The van der Waals surface area contributed by atoms with Crippen LogP contribution in [0.3, 0.4) is 0 Å². The number of aromatic carboxylic acids is 2. The van der Waals surface area contributed by atoms with E-state index in [2.05, 4.69) is 9.97 Å². The second-order valence-corrected chi connectivity index (χ2v) is 5.97. The maximum atomic E-state index is 11.9. The summed E-state index contributed by atoms with van der Waals surface area (Å²) in [6.45, 7) is 0. The van der Waals surface area contributed by atoms with Crippen molar-refractivity contribution in [2.24, 2.45) is 0 Å². The molecule has 0 aliphatic carbocycles. The van der Waals surface area contributed by atoms with Gasteiger partial charge in [-0.25, -0.2) is 14.6 Å². The highest BCUT2D eigenvalue weighted by Gasteiger charge is 2.26. The zero-order valence-electron chi connectivity index (χ0n) is 12.7. The van der Waals surface area contributed by atoms with Crippen molar-refractivity contribution in [3.05, 3.63) is 53.6 Å². The molecule has 0 radical (unpaired) electrons. The van der Waals surface area contributed by atoms with Crippen molar-refractivity contribution in [3.8, 4) is 0 Å². The van der Waals surface area contributed by atoms with Crippen molar-refractivity contribution in [2.75, 3.05) is 0 Å². The number of carboxylic acids is 2. The Hall–Kier alpha value is -3.67. The van der Waals surface area contributed by atoms with Crippen LogP contribution in [0.5, 0.6) is 0 Å². The van der Waals surface area contributed by atoms with Gasteiger partial charge in [0.05, 0.1) is 16.6 Å². The highest BCUT2D eigenvalue weighted by molar-refractivity contribution is 6.26. The fourth-order valence-electron chi connectivity index (χ4n) is 3.69. The number of fused-ring (bicyclic) bond motifs is 4. The Morgan fingerprint density at radius 3 is 2.24 bits per heavy atom. The predicted octanol–water partition coefficient (Wildman–Crippen LogP) is 3.86. The third-order valence-corrected chi connectivity index (χ3v) is 4.66. The van der Waals surface area contributed by atoms with Crippen LogP contribution in [-0.2, 0) is 0 Å². The lowest BCUT2D eigenvalue weighted by Gasteiger charge is -2.09. The highest BCUT2D eigenvalue weighted by atomic mass is 16.4. The summed E-state index contributed by atoms with van der Waals surface area (Å²) in [7, 11) is 0. The molecule has 3 N–H and O–H groups in total. The Bertz CT molecular complexity index is 1340. The molecule has 2 aromatic heterocycles. The van der Waals surface area contributed by atoms with Gasteiger partial charge in [-0.2, -0.15) is 0 Å². The lowest BCUT2D eigenvalue weighted by atomic mass is 9.95. The Balaban J connectivity index is 2.28. The normalized spacial score (nSPS) is 11.8. The number of rotatable bonds is 2. The van der Waals surface area contributed by atoms with E-state index in [1.165, 1.54) is 0 Å². The van der Waals surface area contributed by atoms with E-state index in [1.54, 1.807) is 6.07 Å². The first-order valence-corrected chi connectivity index (χ1v) is 7.62. The minimum Gasteiger partial charge on any atom is -0.478 e. The van der Waals surface area contributed by atoms with Crippen LogP contribution >= 0.6 is 0 Å². The summed E-state index contributed by atoms with van der Waals surface area (Å²) in [4.78, 5) is 31.3. The van der Waals surface area contributed by atoms with Crippen LogP contribution in [0.2, 0.25) is 0 Å². The molecule has 0 amide bonds. The molecule has 120 valence electrons. The third-order valence-electron chi connectivity index (χ3n) is 4.66. The van der Waals surface area contributed by atoms with E-state index in [-0.39, 0.29) is 16.6 Å². The molecule has 0 fully saturated rings. The lowest BCUT2D eigenvalue weighted by molar-refractivity contribution is 0.0655. The molecule has 5 rings (SSSR count). The number of benzene rings is 3. The second-order valence-electron chi connectivity index (χ2n) is 5.97. The Labute approximate surface area is 139 Å². The number of hydrogen-bond acceptors (Lipinski definition) is 3. The van der Waals surface area contributed by atoms with Crippen molar-refractivity contribution in [3.63, 3.8) is 0 Å². The van der Waals surface area contributed by atoms with E-state index < -0.39 is 11.9 Å². The van der Waals surface area contributed by atoms with Gasteiger partial charge in [0.25, 0.3) is 0 Å². The fourth-order valence-corrected chi connectivity index (χ4v) is 3.69. The molecule has 0 saturated carbocycles. The smallest absolute Gasteiger partial charge is 0.338 e. The molecule has 3 aromatic carbocycles. The molecule has 6 heteroatoms. The second kappa shape index (κ2) is 4.45. The van der Waals surface area contributed by atoms with Crippen LogP contribution in [0.4, 0.5) is 0 Å². The van der Waals surface area contributed by atoms with E-state index in [9.17, 15) is 19.8 Å². The number of hydrogen-bond donors (Lipinski definition) is 3. The van der Waals surface area contributed by atoms with E-state index in [4.69, 9.17) is 0 Å². The molecular weight excluding hydrogens is 320 g/mol. The molecule has 3 bridgehead atoms. The molecule has 0 aliphatic heterocycles. The summed E-state index contributed by atoms with van der Waals surface area (Å²) in [6.07, 6.45) is 0. The van der Waals surface area contributed by atoms with Crippen molar-refractivity contribution in [1.82, 2.24) is 9.97 Å². The Morgan fingerprint density at radius 1 is 0.880 bits per heavy atom. The first-order chi connectivity index (χ1) is 12.1. The Kier molecular flexibility index (Phi) is 2.44. The largest absolute Gasteiger partial charge is 0.478 e. The van der Waals surface area contributed by atoms with Crippen LogP contribution in [0.25, 0.3) is 43.6 Å². The van der Waals surface area contributed by atoms with Gasteiger partial charge in [0.2, 0.25) is 0 Å². The molecular formula is C19H10N2O4. The van der Waals surface area contributed by atoms with Crippen LogP contribution in [0.1, 0.15) is 20.7 Å². The summed E-state index contributed by atoms with van der Waals surface area (Å²) < 4.78 is 0. The number of aromatic amines is 1. The topological polar surface area (TPSA) is 103 Å². The van der Waals surface area contributed by atoms with Gasteiger partial charge in [-0.3, -0.25) is 0 Å². The zero-order valence-corrected chi connectivity index (χ0v) is 12.7. The maximum absolute atomic E-state index is 11.9. The standard InChI is InChI=1S/C19H10N2O4/c22-18(23)14-11-7-12-16(15(14)19(24)25)21-17(20-12)10-6-2-4-8-3-1-5-9(11)13(8)10/h1-7H,(H,20,21)(H,22,23)(H,24,25). The van der Waals surface area contributed by atoms with E-state index >= 15 is 0 Å². The quantitative estimate of drug-likeness (QED) is 0.456. The first kappa shape index (κ1) is 13.7. The van der Waals surface area contributed by atoms with Gasteiger partial charge < -0.3 is 15.2 Å². The zero-order chi connectivity index (χ0) is 17.3. The van der Waals surface area contributed by atoms with E-state index in [0.29, 0.717) is 21.9 Å². The van der Waals surface area contributed by atoms with Gasteiger partial charge in [-0.15, -0.1) is 0 Å². The molecule has 0 atom stereocenters. The molecule has 2 heterocycles. The number of nitrogens with zero attached hydrogens (tertiary/aromatic N) is 1. The van der Waals surface area contributed by atoms with Crippen LogP contribution < -0.4 is 0 Å². The number of aromatic nitrogens is 2. The summed E-state index contributed by atoms with van der Waals surface area (Å²) >= 11 is 0. The molecule has 0 spiro atoms. The highest BCUT2D eigenvalue weighted by Crippen LogP contribution is 2.36. The van der Waals surface area contributed by atoms with E-state index in [1.807, 2.05) is 36.4 Å². The van der Waals surface area contributed by atoms with Gasteiger partial charge in [0.1, 0.15) is 11.2 Å².